The van der Waals surface area contributed by atoms with Crippen LogP contribution in [0.1, 0.15) is 35.2 Å². The molecule has 1 amide bonds. The smallest absolute Gasteiger partial charge is 0.428 e. The fraction of sp³-hybridized carbons (Fsp3) is 0.458. The van der Waals surface area contributed by atoms with Gasteiger partial charge < -0.3 is 25.2 Å². The standard InChI is InChI=1S/C24H26F3N5O4/c25-24(26,27)23(4-9-33)12-16-10-18(30-22(35)17-13-29-32-6-1-5-28-21(17)32)19(11-20(16)36-23)31-7-2-15(14-34)3-8-31/h1,5-6,10-11,13,15,33-34H,2-4,7-9,12,14H2,(H,30,35)/t23-/m0/s1. The first-order chi connectivity index (χ1) is 17.2. The van der Waals surface area contributed by atoms with Gasteiger partial charge in [0.2, 0.25) is 5.60 Å². The average molecular weight is 505 g/mol. The number of nitrogens with one attached hydrogen (secondary N) is 1. The number of aliphatic hydroxyl groups excluding tert-OH is 2. The quantitative estimate of drug-likeness (QED) is 0.472. The van der Waals surface area contributed by atoms with Crippen LogP contribution in [0, 0.1) is 5.92 Å². The third kappa shape index (κ3) is 4.24. The molecule has 1 fully saturated rings. The number of halogens is 3. The number of rotatable bonds is 6. The van der Waals surface area contributed by atoms with Gasteiger partial charge in [-0.1, -0.05) is 0 Å². The summed E-state index contributed by atoms with van der Waals surface area (Å²) in [6.07, 6.45) is 0.221. The third-order valence-corrected chi connectivity index (χ3v) is 6.98. The molecule has 1 saturated heterocycles. The molecule has 3 N–H and O–H groups in total. The van der Waals surface area contributed by atoms with E-state index in [1.165, 1.54) is 29.0 Å². The topological polar surface area (TPSA) is 112 Å². The van der Waals surface area contributed by atoms with Gasteiger partial charge in [0.05, 0.1) is 17.6 Å². The number of fused-ring (bicyclic) bond motifs is 2. The summed E-state index contributed by atoms with van der Waals surface area (Å²) in [5.41, 5.74) is -0.777. The fourth-order valence-electron chi connectivity index (χ4n) is 4.92. The second-order valence-electron chi connectivity index (χ2n) is 9.23. The van der Waals surface area contributed by atoms with Crippen LogP contribution < -0.4 is 15.0 Å². The summed E-state index contributed by atoms with van der Waals surface area (Å²) in [5, 5.41) is 25.8. The first-order valence-electron chi connectivity index (χ1n) is 11.7. The summed E-state index contributed by atoms with van der Waals surface area (Å²) in [6, 6.07) is 4.73. The summed E-state index contributed by atoms with van der Waals surface area (Å²) in [7, 11) is 0. The minimum atomic E-state index is -4.69. The second kappa shape index (κ2) is 9.25. The Bertz CT molecular complexity index is 1270. The van der Waals surface area contributed by atoms with Crippen LogP contribution in [0.25, 0.3) is 5.65 Å². The molecule has 192 valence electrons. The first-order valence-corrected chi connectivity index (χ1v) is 11.7. The number of piperidine rings is 1. The van der Waals surface area contributed by atoms with E-state index in [9.17, 15) is 28.2 Å². The second-order valence-corrected chi connectivity index (χ2v) is 9.23. The summed E-state index contributed by atoms with van der Waals surface area (Å²) in [4.78, 5) is 19.4. The predicted octanol–water partition coefficient (Wildman–Crippen LogP) is 2.81. The zero-order valence-electron chi connectivity index (χ0n) is 19.3. The van der Waals surface area contributed by atoms with E-state index in [-0.39, 0.29) is 23.8 Å². The van der Waals surface area contributed by atoms with Crippen molar-refractivity contribution >= 4 is 22.9 Å². The summed E-state index contributed by atoms with van der Waals surface area (Å²) >= 11 is 0. The highest BCUT2D eigenvalue weighted by Crippen LogP contribution is 2.49. The molecule has 0 radical (unpaired) electrons. The Morgan fingerprint density at radius 2 is 2.03 bits per heavy atom. The maximum Gasteiger partial charge on any atom is 0.428 e. The lowest BCUT2D eigenvalue weighted by molar-refractivity contribution is -0.246. The summed E-state index contributed by atoms with van der Waals surface area (Å²) < 4.78 is 48.9. The highest BCUT2D eigenvalue weighted by molar-refractivity contribution is 6.09. The Morgan fingerprint density at radius 1 is 1.25 bits per heavy atom. The van der Waals surface area contributed by atoms with Crippen molar-refractivity contribution in [2.24, 2.45) is 5.92 Å². The van der Waals surface area contributed by atoms with Gasteiger partial charge in [-0.2, -0.15) is 18.3 Å². The van der Waals surface area contributed by atoms with E-state index in [1.54, 1.807) is 12.3 Å². The molecule has 2 aliphatic rings. The first kappa shape index (κ1) is 24.3. The lowest BCUT2D eigenvalue weighted by Gasteiger charge is -2.34. The minimum Gasteiger partial charge on any atom is -0.477 e. The van der Waals surface area contributed by atoms with Gasteiger partial charge in [-0.25, -0.2) is 9.50 Å². The molecular formula is C24H26F3N5O4. The lowest BCUT2D eigenvalue weighted by atomic mass is 9.92. The van der Waals surface area contributed by atoms with Gasteiger partial charge in [0, 0.05) is 63.2 Å². The van der Waals surface area contributed by atoms with Gasteiger partial charge in [-0.15, -0.1) is 0 Å². The zero-order chi connectivity index (χ0) is 25.5. The minimum absolute atomic E-state index is 0.0712. The number of aromatic nitrogens is 3. The number of aliphatic hydroxyl groups is 2. The lowest BCUT2D eigenvalue weighted by Crippen LogP contribution is -2.50. The molecule has 3 aromatic rings. The normalized spacial score (nSPS) is 20.4. The van der Waals surface area contributed by atoms with E-state index in [1.807, 2.05) is 4.90 Å². The Balaban J connectivity index is 1.51. The maximum absolute atomic E-state index is 14.0. The molecule has 2 aromatic heterocycles. The van der Waals surface area contributed by atoms with Crippen molar-refractivity contribution in [2.45, 2.75) is 37.5 Å². The number of carbonyl (C=O) groups is 1. The van der Waals surface area contributed by atoms with E-state index >= 15 is 0 Å². The highest BCUT2D eigenvalue weighted by atomic mass is 19.4. The summed E-state index contributed by atoms with van der Waals surface area (Å²) in [5.74, 6) is -0.264. The van der Waals surface area contributed by atoms with Crippen LogP contribution in [-0.4, -0.2) is 68.8 Å². The molecule has 0 spiro atoms. The average Bonchev–Trinajstić information content (AvgIpc) is 3.45. The molecule has 0 saturated carbocycles. The molecular weight excluding hydrogens is 479 g/mol. The van der Waals surface area contributed by atoms with Gasteiger partial charge in [-0.05, 0) is 30.9 Å². The van der Waals surface area contributed by atoms with Crippen molar-refractivity contribution < 1.29 is 32.9 Å². The van der Waals surface area contributed by atoms with Crippen LogP contribution >= 0.6 is 0 Å². The summed E-state index contributed by atoms with van der Waals surface area (Å²) in [6.45, 7) is 0.514. The number of carbonyl (C=O) groups excluding carboxylic acids is 1. The zero-order valence-corrected chi connectivity index (χ0v) is 19.3. The van der Waals surface area contributed by atoms with Crippen LogP contribution in [0.2, 0.25) is 0 Å². The van der Waals surface area contributed by atoms with E-state index < -0.39 is 37.1 Å². The van der Waals surface area contributed by atoms with Crippen molar-refractivity contribution in [3.8, 4) is 5.75 Å². The third-order valence-electron chi connectivity index (χ3n) is 6.98. The van der Waals surface area contributed by atoms with Crippen molar-refractivity contribution in [3.05, 3.63) is 47.9 Å². The van der Waals surface area contributed by atoms with E-state index in [2.05, 4.69) is 15.4 Å². The van der Waals surface area contributed by atoms with Crippen LogP contribution in [-0.2, 0) is 6.42 Å². The van der Waals surface area contributed by atoms with Crippen molar-refractivity contribution in [2.75, 3.05) is 36.5 Å². The van der Waals surface area contributed by atoms with Gasteiger partial charge in [0.1, 0.15) is 11.3 Å². The molecule has 0 aliphatic carbocycles. The number of benzene rings is 1. The Hall–Kier alpha value is -3.38. The van der Waals surface area contributed by atoms with Gasteiger partial charge in [0.25, 0.3) is 5.91 Å². The molecule has 4 heterocycles. The number of amides is 1. The molecule has 9 nitrogen and oxygen atoms in total. The molecule has 2 aliphatic heterocycles. The molecule has 12 heteroatoms. The molecule has 0 unspecified atom stereocenters. The van der Waals surface area contributed by atoms with Crippen LogP contribution in [0.4, 0.5) is 24.5 Å². The van der Waals surface area contributed by atoms with Gasteiger partial charge in [0.15, 0.2) is 5.65 Å². The molecule has 1 aromatic carbocycles. The van der Waals surface area contributed by atoms with Crippen molar-refractivity contribution in [3.63, 3.8) is 0 Å². The number of hydrogen-bond acceptors (Lipinski definition) is 7. The van der Waals surface area contributed by atoms with Crippen LogP contribution in [0.5, 0.6) is 5.75 Å². The van der Waals surface area contributed by atoms with E-state index in [0.717, 1.165) is 0 Å². The van der Waals surface area contributed by atoms with Crippen LogP contribution in [0.3, 0.4) is 0 Å². The van der Waals surface area contributed by atoms with Crippen molar-refractivity contribution in [1.29, 1.82) is 0 Å². The van der Waals surface area contributed by atoms with Gasteiger partial charge >= 0.3 is 6.18 Å². The molecule has 36 heavy (non-hydrogen) atoms. The number of ether oxygens (including phenoxy) is 1. The molecule has 1 atom stereocenters. The number of nitrogens with zero attached hydrogens (tertiary/aromatic N) is 4. The number of hydrogen-bond donors (Lipinski definition) is 3. The highest BCUT2D eigenvalue weighted by Gasteiger charge is 2.60. The number of alkyl halides is 3. The fourth-order valence-corrected chi connectivity index (χ4v) is 4.92. The largest absolute Gasteiger partial charge is 0.477 e. The van der Waals surface area contributed by atoms with E-state index in [4.69, 9.17) is 4.74 Å². The molecule has 0 bridgehead atoms. The number of anilines is 2. The maximum atomic E-state index is 14.0. The SMILES string of the molecule is O=C(Nc1cc2c(cc1N1CCC(CO)CC1)O[C@](CCO)(C(F)(F)F)C2)c1cnn2cccnc12. The monoisotopic (exact) mass is 505 g/mol. The van der Waals surface area contributed by atoms with Crippen LogP contribution in [0.15, 0.2) is 36.8 Å². The Labute approximate surface area is 204 Å². The Kier molecular flexibility index (Phi) is 6.25. The van der Waals surface area contributed by atoms with E-state index in [0.29, 0.717) is 48.5 Å². The van der Waals surface area contributed by atoms with Gasteiger partial charge in [-0.3, -0.25) is 4.79 Å². The predicted molar refractivity (Wildman–Crippen MR) is 124 cm³/mol. The Morgan fingerprint density at radius 3 is 2.72 bits per heavy atom. The molecule has 5 rings (SSSR count). The van der Waals surface area contributed by atoms with Crippen molar-refractivity contribution in [1.82, 2.24) is 14.6 Å².